The molecule has 2 N–H and O–H groups in total. The van der Waals surface area contributed by atoms with E-state index in [2.05, 4.69) is 28.6 Å². The zero-order chi connectivity index (χ0) is 20.7. The smallest absolute Gasteiger partial charge is 0.243 e. The zero-order valence-electron chi connectivity index (χ0n) is 17.2. The number of nitrogens with zero attached hydrogens (tertiary/aromatic N) is 7. The molecule has 3 aromatic rings. The van der Waals surface area contributed by atoms with Crippen molar-refractivity contribution >= 4 is 28.9 Å². The molecule has 30 heavy (non-hydrogen) atoms. The molecule has 2 atom stereocenters. The second kappa shape index (κ2) is 7.69. The maximum atomic E-state index is 6.28. The average molecular weight is 410 g/mol. The van der Waals surface area contributed by atoms with Crippen LogP contribution < -0.4 is 15.5 Å². The highest BCUT2D eigenvalue weighted by molar-refractivity contribution is 5.80. The van der Waals surface area contributed by atoms with Crippen LogP contribution in [0.25, 0.3) is 17.0 Å². The van der Waals surface area contributed by atoms with Crippen LogP contribution in [0.4, 0.5) is 17.8 Å². The van der Waals surface area contributed by atoms with Crippen molar-refractivity contribution in [2.75, 3.05) is 55.0 Å². The summed E-state index contributed by atoms with van der Waals surface area (Å²) < 4.78 is 13.1. The van der Waals surface area contributed by atoms with Gasteiger partial charge in [-0.05, 0) is 26.0 Å². The van der Waals surface area contributed by atoms with Crippen LogP contribution in [0.1, 0.15) is 13.8 Å². The molecule has 2 fully saturated rings. The Balaban J connectivity index is 1.65. The number of rotatable bonds is 3. The van der Waals surface area contributed by atoms with Crippen molar-refractivity contribution in [3.05, 3.63) is 24.3 Å². The molecule has 0 bridgehead atoms. The van der Waals surface area contributed by atoms with E-state index in [4.69, 9.17) is 30.2 Å². The van der Waals surface area contributed by atoms with Crippen LogP contribution in [0, 0.1) is 0 Å². The molecule has 10 heteroatoms. The average Bonchev–Trinajstić information content (AvgIpc) is 3.11. The van der Waals surface area contributed by atoms with Gasteiger partial charge in [0, 0.05) is 19.6 Å². The Labute approximate surface area is 174 Å². The fraction of sp³-hybridized carbons (Fsp3) is 0.500. The summed E-state index contributed by atoms with van der Waals surface area (Å²) in [6, 6.07) is 7.93. The van der Waals surface area contributed by atoms with Gasteiger partial charge in [0.2, 0.25) is 23.8 Å². The van der Waals surface area contributed by atoms with Crippen molar-refractivity contribution in [3.8, 4) is 5.95 Å². The standard InChI is InChI=1S/C20H26N8O2/c1-13-14(2)30-12-9-27(13)19-23-18(26-7-10-29-11-8-26)24-20(25-19)28-16-6-4-3-5-15(16)22-17(28)21/h3-6,13-14H,7-12H2,1-2H3,(H2,21,22)/t13-,14-/m1/s1. The van der Waals surface area contributed by atoms with Crippen LogP contribution in [0.5, 0.6) is 0 Å². The SMILES string of the molecule is C[C@@H]1[C@@H](C)OCCN1c1nc(N2CCOCC2)nc(-n2c(N)nc3ccccc32)n1. The number of imidazole rings is 1. The summed E-state index contributed by atoms with van der Waals surface area (Å²) >= 11 is 0. The molecule has 0 saturated carbocycles. The van der Waals surface area contributed by atoms with Gasteiger partial charge in [0.25, 0.3) is 0 Å². The lowest BCUT2D eigenvalue weighted by atomic mass is 10.1. The predicted molar refractivity (Wildman–Crippen MR) is 114 cm³/mol. The molecule has 2 saturated heterocycles. The Kier molecular flexibility index (Phi) is 4.87. The summed E-state index contributed by atoms with van der Waals surface area (Å²) in [5, 5.41) is 0. The summed E-state index contributed by atoms with van der Waals surface area (Å²) in [5.41, 5.74) is 7.94. The number of fused-ring (bicyclic) bond motifs is 1. The van der Waals surface area contributed by atoms with Gasteiger partial charge in [-0.25, -0.2) is 9.55 Å². The van der Waals surface area contributed by atoms with E-state index in [9.17, 15) is 0 Å². The highest BCUT2D eigenvalue weighted by Crippen LogP contribution is 2.26. The normalized spacial score (nSPS) is 22.6. The quantitative estimate of drug-likeness (QED) is 0.682. The van der Waals surface area contributed by atoms with Gasteiger partial charge in [0.15, 0.2) is 0 Å². The number of morpholine rings is 2. The first kappa shape index (κ1) is 19.0. The molecule has 2 aliphatic heterocycles. The third-order valence-corrected chi connectivity index (χ3v) is 5.82. The molecule has 4 heterocycles. The van der Waals surface area contributed by atoms with E-state index in [1.165, 1.54) is 0 Å². The Morgan fingerprint density at radius 2 is 1.63 bits per heavy atom. The number of para-hydroxylation sites is 2. The van der Waals surface area contributed by atoms with E-state index in [0.717, 1.165) is 30.7 Å². The third-order valence-electron chi connectivity index (χ3n) is 5.82. The molecule has 0 spiro atoms. The second-order valence-corrected chi connectivity index (χ2v) is 7.64. The molecule has 10 nitrogen and oxygen atoms in total. The maximum absolute atomic E-state index is 6.28. The maximum Gasteiger partial charge on any atom is 0.243 e. The number of benzene rings is 1. The number of hydrogen-bond acceptors (Lipinski definition) is 9. The molecular formula is C20H26N8O2. The van der Waals surface area contributed by atoms with Crippen molar-refractivity contribution in [2.45, 2.75) is 26.0 Å². The lowest BCUT2D eigenvalue weighted by Gasteiger charge is -2.38. The largest absolute Gasteiger partial charge is 0.378 e. The lowest BCUT2D eigenvalue weighted by Crippen LogP contribution is -2.49. The number of nitrogens with two attached hydrogens (primary N) is 1. The fourth-order valence-electron chi connectivity index (χ4n) is 3.95. The molecular weight excluding hydrogens is 384 g/mol. The molecule has 2 aliphatic rings. The topological polar surface area (TPSA) is 107 Å². The van der Waals surface area contributed by atoms with E-state index in [1.54, 1.807) is 4.57 Å². The van der Waals surface area contributed by atoms with Gasteiger partial charge in [0.1, 0.15) is 0 Å². The predicted octanol–water partition coefficient (Wildman–Crippen LogP) is 1.24. The van der Waals surface area contributed by atoms with Crippen LogP contribution in [-0.4, -0.2) is 76.1 Å². The summed E-state index contributed by atoms with van der Waals surface area (Å²) in [5.74, 6) is 2.08. The number of aromatic nitrogens is 5. The first-order chi connectivity index (χ1) is 14.6. The van der Waals surface area contributed by atoms with E-state index in [0.29, 0.717) is 43.6 Å². The van der Waals surface area contributed by atoms with Gasteiger partial charge < -0.3 is 25.0 Å². The molecule has 0 unspecified atom stereocenters. The lowest BCUT2D eigenvalue weighted by molar-refractivity contribution is 0.0277. The number of anilines is 3. The van der Waals surface area contributed by atoms with Crippen molar-refractivity contribution in [1.82, 2.24) is 24.5 Å². The van der Waals surface area contributed by atoms with Crippen LogP contribution in [0.2, 0.25) is 0 Å². The minimum absolute atomic E-state index is 0.0879. The Morgan fingerprint density at radius 3 is 2.47 bits per heavy atom. The fourth-order valence-corrected chi connectivity index (χ4v) is 3.95. The van der Waals surface area contributed by atoms with Crippen molar-refractivity contribution < 1.29 is 9.47 Å². The highest BCUT2D eigenvalue weighted by Gasteiger charge is 2.29. The first-order valence-electron chi connectivity index (χ1n) is 10.3. The number of hydrogen-bond donors (Lipinski definition) is 1. The molecule has 0 aliphatic carbocycles. The van der Waals surface area contributed by atoms with Crippen LogP contribution >= 0.6 is 0 Å². The molecule has 5 rings (SSSR count). The molecule has 158 valence electrons. The van der Waals surface area contributed by atoms with Gasteiger partial charge in [-0.3, -0.25) is 0 Å². The first-order valence-corrected chi connectivity index (χ1v) is 10.3. The van der Waals surface area contributed by atoms with Crippen molar-refractivity contribution in [3.63, 3.8) is 0 Å². The highest BCUT2D eigenvalue weighted by atomic mass is 16.5. The summed E-state index contributed by atoms with van der Waals surface area (Å²) in [7, 11) is 0. The van der Waals surface area contributed by atoms with Gasteiger partial charge >= 0.3 is 0 Å². The van der Waals surface area contributed by atoms with Crippen LogP contribution in [0.15, 0.2) is 24.3 Å². The van der Waals surface area contributed by atoms with E-state index >= 15 is 0 Å². The molecule has 2 aromatic heterocycles. The third kappa shape index (κ3) is 3.31. The van der Waals surface area contributed by atoms with Crippen molar-refractivity contribution in [2.24, 2.45) is 0 Å². The van der Waals surface area contributed by atoms with Gasteiger partial charge in [-0.15, -0.1) is 0 Å². The Bertz CT molecular complexity index is 1050. The van der Waals surface area contributed by atoms with Gasteiger partial charge in [-0.1, -0.05) is 12.1 Å². The Morgan fingerprint density at radius 1 is 0.900 bits per heavy atom. The summed E-state index contributed by atoms with van der Waals surface area (Å²) in [6.45, 7) is 8.32. The molecule has 0 radical (unpaired) electrons. The van der Waals surface area contributed by atoms with E-state index in [-0.39, 0.29) is 12.1 Å². The van der Waals surface area contributed by atoms with Crippen LogP contribution in [0.3, 0.4) is 0 Å². The monoisotopic (exact) mass is 410 g/mol. The van der Waals surface area contributed by atoms with Gasteiger partial charge in [-0.2, -0.15) is 15.0 Å². The molecule has 0 amide bonds. The minimum atomic E-state index is 0.0879. The van der Waals surface area contributed by atoms with Crippen LogP contribution in [-0.2, 0) is 9.47 Å². The summed E-state index contributed by atoms with van der Waals surface area (Å²) in [4.78, 5) is 23.2. The summed E-state index contributed by atoms with van der Waals surface area (Å²) in [6.07, 6.45) is 0.0879. The molecule has 1 aromatic carbocycles. The van der Waals surface area contributed by atoms with E-state index in [1.807, 2.05) is 24.3 Å². The number of ether oxygens (including phenoxy) is 2. The minimum Gasteiger partial charge on any atom is -0.378 e. The van der Waals surface area contributed by atoms with Gasteiger partial charge in [0.05, 0.1) is 43.0 Å². The second-order valence-electron chi connectivity index (χ2n) is 7.64. The Hall–Kier alpha value is -2.98. The van der Waals surface area contributed by atoms with Crippen molar-refractivity contribution in [1.29, 1.82) is 0 Å². The number of nitrogen functional groups attached to an aromatic ring is 1. The van der Waals surface area contributed by atoms with E-state index < -0.39 is 0 Å². The zero-order valence-corrected chi connectivity index (χ0v) is 17.2.